The van der Waals surface area contributed by atoms with Crippen LogP contribution in [0.25, 0.3) is 0 Å². The van der Waals surface area contributed by atoms with Crippen molar-refractivity contribution in [2.45, 2.75) is 44.4 Å². The highest BCUT2D eigenvalue weighted by molar-refractivity contribution is 8.06. The molecule has 4 nitrogen and oxygen atoms in total. The Kier molecular flexibility index (Phi) is 6.53. The molecule has 19 heavy (non-hydrogen) atoms. The van der Waals surface area contributed by atoms with Crippen LogP contribution in [0.1, 0.15) is 43.7 Å². The summed E-state index contributed by atoms with van der Waals surface area (Å²) in [7, 11) is 0. The molecule has 1 aromatic rings. The van der Waals surface area contributed by atoms with Crippen molar-refractivity contribution in [3.05, 3.63) is 11.7 Å². The zero-order valence-corrected chi connectivity index (χ0v) is 13.4. The largest absolute Gasteiger partial charge is 0.339 e. The van der Waals surface area contributed by atoms with Gasteiger partial charge in [-0.05, 0) is 26.3 Å². The van der Waals surface area contributed by atoms with Crippen LogP contribution < -0.4 is 5.32 Å². The molecule has 0 aliphatic carbocycles. The molecule has 1 saturated heterocycles. The van der Waals surface area contributed by atoms with E-state index in [4.69, 9.17) is 4.52 Å². The third-order valence-electron chi connectivity index (χ3n) is 3.12. The Morgan fingerprint density at radius 2 is 2.37 bits per heavy atom. The van der Waals surface area contributed by atoms with Crippen LogP contribution in [0.2, 0.25) is 0 Å². The minimum atomic E-state index is 0.423. The standard InChI is InChI=1S/C13H23N3OS2/c1-3-6-14-10(2)4-5-12-15-13(16-17-12)11-9-18-7-8-19-11/h10-11,14H,3-9H2,1-2H3. The summed E-state index contributed by atoms with van der Waals surface area (Å²) in [5.74, 6) is 5.22. The highest BCUT2D eigenvalue weighted by atomic mass is 32.2. The molecule has 0 spiro atoms. The van der Waals surface area contributed by atoms with E-state index in [0.717, 1.165) is 36.9 Å². The lowest BCUT2D eigenvalue weighted by Crippen LogP contribution is -2.27. The van der Waals surface area contributed by atoms with Gasteiger partial charge in [-0.15, -0.1) is 11.8 Å². The number of hydrogen-bond acceptors (Lipinski definition) is 6. The molecule has 2 atom stereocenters. The van der Waals surface area contributed by atoms with E-state index < -0.39 is 0 Å². The Morgan fingerprint density at radius 3 is 3.11 bits per heavy atom. The van der Waals surface area contributed by atoms with Gasteiger partial charge in [0.2, 0.25) is 5.89 Å². The van der Waals surface area contributed by atoms with Gasteiger partial charge >= 0.3 is 0 Å². The van der Waals surface area contributed by atoms with Gasteiger partial charge in [0.05, 0.1) is 5.25 Å². The van der Waals surface area contributed by atoms with Gasteiger partial charge in [0, 0.05) is 29.7 Å². The molecule has 108 valence electrons. The fraction of sp³-hybridized carbons (Fsp3) is 0.846. The summed E-state index contributed by atoms with van der Waals surface area (Å²) in [6, 6.07) is 0.509. The Labute approximate surface area is 123 Å². The summed E-state index contributed by atoms with van der Waals surface area (Å²) >= 11 is 3.93. The number of thioether (sulfide) groups is 2. The maximum Gasteiger partial charge on any atom is 0.226 e. The molecule has 1 N–H and O–H groups in total. The lowest BCUT2D eigenvalue weighted by molar-refractivity contribution is 0.362. The Bertz CT molecular complexity index is 367. The van der Waals surface area contributed by atoms with E-state index in [1.165, 1.54) is 17.9 Å². The molecule has 0 amide bonds. The van der Waals surface area contributed by atoms with Gasteiger partial charge in [0.15, 0.2) is 5.82 Å². The molecule has 0 aromatic carbocycles. The van der Waals surface area contributed by atoms with Crippen molar-refractivity contribution in [3.8, 4) is 0 Å². The van der Waals surface area contributed by atoms with Crippen LogP contribution in [0.15, 0.2) is 4.52 Å². The molecule has 0 saturated carbocycles. The molecular formula is C13H23N3OS2. The van der Waals surface area contributed by atoms with Crippen LogP contribution in [-0.2, 0) is 6.42 Å². The lowest BCUT2D eigenvalue weighted by Gasteiger charge is -2.17. The maximum absolute atomic E-state index is 5.36. The number of nitrogens with one attached hydrogen (secondary N) is 1. The SMILES string of the molecule is CCCNC(C)CCc1nc(C2CSCCS2)no1. The van der Waals surface area contributed by atoms with Crippen LogP contribution in [0, 0.1) is 0 Å². The molecule has 2 heterocycles. The molecule has 0 radical (unpaired) electrons. The fourth-order valence-corrected chi connectivity index (χ4v) is 4.56. The smallest absolute Gasteiger partial charge is 0.226 e. The minimum absolute atomic E-state index is 0.423. The average Bonchev–Trinajstić information content (AvgIpc) is 2.93. The first-order chi connectivity index (χ1) is 9.29. The zero-order chi connectivity index (χ0) is 13.5. The van der Waals surface area contributed by atoms with E-state index in [9.17, 15) is 0 Å². The summed E-state index contributed by atoms with van der Waals surface area (Å²) in [4.78, 5) is 4.55. The third-order valence-corrected chi connectivity index (χ3v) is 5.87. The lowest BCUT2D eigenvalue weighted by atomic mass is 10.2. The topological polar surface area (TPSA) is 51.0 Å². The molecule has 2 rings (SSSR count). The predicted octanol–water partition coefficient (Wildman–Crippen LogP) is 2.91. The number of nitrogens with zero attached hydrogens (tertiary/aromatic N) is 2. The van der Waals surface area contributed by atoms with Crippen LogP contribution in [0.3, 0.4) is 0 Å². The average molecular weight is 301 g/mol. The molecule has 2 unspecified atom stereocenters. The van der Waals surface area contributed by atoms with Gasteiger partial charge in [-0.25, -0.2) is 0 Å². The number of hydrogen-bond donors (Lipinski definition) is 1. The summed E-state index contributed by atoms with van der Waals surface area (Å²) in [5.41, 5.74) is 0. The van der Waals surface area contributed by atoms with Crippen molar-refractivity contribution in [2.75, 3.05) is 23.8 Å². The molecular weight excluding hydrogens is 278 g/mol. The molecule has 0 bridgehead atoms. The first-order valence-corrected chi connectivity index (χ1v) is 9.25. The Hall–Kier alpha value is -0.200. The Morgan fingerprint density at radius 1 is 1.47 bits per heavy atom. The second-order valence-electron chi connectivity index (χ2n) is 4.87. The van der Waals surface area contributed by atoms with Gasteiger partial charge in [-0.2, -0.15) is 16.7 Å². The number of rotatable bonds is 7. The predicted molar refractivity (Wildman–Crippen MR) is 82.9 cm³/mol. The zero-order valence-electron chi connectivity index (χ0n) is 11.7. The summed E-state index contributed by atoms with van der Waals surface area (Å²) in [5, 5.41) is 8.04. The van der Waals surface area contributed by atoms with Gasteiger partial charge in [0.25, 0.3) is 0 Å². The highest BCUT2D eigenvalue weighted by Gasteiger charge is 2.21. The molecule has 1 aromatic heterocycles. The van der Waals surface area contributed by atoms with Gasteiger partial charge in [-0.3, -0.25) is 0 Å². The fourth-order valence-electron chi connectivity index (χ4n) is 1.97. The van der Waals surface area contributed by atoms with Crippen molar-refractivity contribution in [1.29, 1.82) is 0 Å². The monoisotopic (exact) mass is 301 g/mol. The van der Waals surface area contributed by atoms with E-state index in [-0.39, 0.29) is 0 Å². The van der Waals surface area contributed by atoms with E-state index in [0.29, 0.717) is 11.3 Å². The second-order valence-corrected chi connectivity index (χ2v) is 7.33. The van der Waals surface area contributed by atoms with Crippen molar-refractivity contribution in [2.24, 2.45) is 0 Å². The minimum Gasteiger partial charge on any atom is -0.339 e. The maximum atomic E-state index is 5.36. The van der Waals surface area contributed by atoms with Crippen molar-refractivity contribution < 1.29 is 4.52 Å². The Balaban J connectivity index is 1.77. The molecule has 1 aliphatic rings. The third kappa shape index (κ3) is 5.00. The van der Waals surface area contributed by atoms with Crippen molar-refractivity contribution in [1.82, 2.24) is 15.5 Å². The van der Waals surface area contributed by atoms with Crippen LogP contribution in [0.5, 0.6) is 0 Å². The molecule has 1 aliphatic heterocycles. The van der Waals surface area contributed by atoms with E-state index in [2.05, 4.69) is 29.3 Å². The van der Waals surface area contributed by atoms with Crippen molar-refractivity contribution in [3.63, 3.8) is 0 Å². The van der Waals surface area contributed by atoms with Gasteiger partial charge in [-0.1, -0.05) is 12.1 Å². The van der Waals surface area contributed by atoms with Crippen LogP contribution in [-0.4, -0.2) is 40.0 Å². The number of aryl methyl sites for hydroxylation is 1. The van der Waals surface area contributed by atoms with E-state index in [1.54, 1.807) is 0 Å². The summed E-state index contributed by atoms with van der Waals surface area (Å²) < 4.78 is 5.36. The van der Waals surface area contributed by atoms with Crippen molar-refractivity contribution >= 4 is 23.5 Å². The van der Waals surface area contributed by atoms with Gasteiger partial charge in [0.1, 0.15) is 0 Å². The number of aromatic nitrogens is 2. The first-order valence-electron chi connectivity index (χ1n) is 7.04. The molecule has 6 heteroatoms. The highest BCUT2D eigenvalue weighted by Crippen LogP contribution is 2.35. The van der Waals surface area contributed by atoms with E-state index >= 15 is 0 Å². The quantitative estimate of drug-likeness (QED) is 0.835. The molecule has 1 fully saturated rings. The van der Waals surface area contributed by atoms with Crippen LogP contribution in [0.4, 0.5) is 0 Å². The second kappa shape index (κ2) is 8.17. The van der Waals surface area contributed by atoms with Crippen LogP contribution >= 0.6 is 23.5 Å². The van der Waals surface area contributed by atoms with Gasteiger partial charge < -0.3 is 9.84 Å². The summed E-state index contributed by atoms with van der Waals surface area (Å²) in [6.07, 6.45) is 3.09. The summed E-state index contributed by atoms with van der Waals surface area (Å²) in [6.45, 7) is 5.47. The van der Waals surface area contributed by atoms with E-state index in [1.807, 2.05) is 23.5 Å². The normalized spacial score (nSPS) is 21.5. The first kappa shape index (κ1) is 15.2.